The predicted molar refractivity (Wildman–Crippen MR) is 149 cm³/mol. The van der Waals surface area contributed by atoms with Crippen molar-refractivity contribution in [2.75, 3.05) is 35.5 Å². The van der Waals surface area contributed by atoms with Crippen molar-refractivity contribution in [1.82, 2.24) is 10.2 Å². The molecule has 2 aromatic rings. The summed E-state index contributed by atoms with van der Waals surface area (Å²) in [5.74, 6) is 3.05. The fourth-order valence-corrected chi connectivity index (χ4v) is 5.91. The highest BCUT2D eigenvalue weighted by Crippen LogP contribution is 2.53. The van der Waals surface area contributed by atoms with Gasteiger partial charge in [0, 0.05) is 49.8 Å². The molecular formula is C28H34BrN3O6. The lowest BCUT2D eigenvalue weighted by molar-refractivity contribution is -0.424. The van der Waals surface area contributed by atoms with Gasteiger partial charge in [-0.25, -0.2) is 0 Å². The van der Waals surface area contributed by atoms with Gasteiger partial charge in [-0.2, -0.15) is 0 Å². The third-order valence-electron chi connectivity index (χ3n) is 7.15. The summed E-state index contributed by atoms with van der Waals surface area (Å²) in [5.41, 5.74) is 2.98. The molecule has 0 saturated heterocycles. The number of allylic oxidation sites excluding steroid dienone is 2. The monoisotopic (exact) mass is 587 g/mol. The number of benzene rings is 2. The number of ether oxygens (including phenoxy) is 4. The van der Waals surface area contributed by atoms with E-state index in [1.165, 1.54) is 0 Å². The van der Waals surface area contributed by atoms with Gasteiger partial charge in [-0.05, 0) is 49.1 Å². The van der Waals surface area contributed by atoms with Crippen LogP contribution in [0.2, 0.25) is 0 Å². The molecule has 10 heteroatoms. The number of nitrogens with zero attached hydrogens (tertiary/aromatic N) is 2. The van der Waals surface area contributed by atoms with E-state index in [0.717, 1.165) is 24.0 Å². The first-order valence-corrected chi connectivity index (χ1v) is 13.2. The fraction of sp³-hybridized carbons (Fsp3) is 0.429. The molecule has 9 nitrogen and oxygen atoms in total. The number of methoxy groups -OCH3 is 4. The molecule has 0 bridgehead atoms. The topological polar surface area (TPSA) is 95.3 Å². The molecular weight excluding hydrogens is 554 g/mol. The van der Waals surface area contributed by atoms with Crippen molar-refractivity contribution in [2.24, 2.45) is 5.92 Å². The van der Waals surface area contributed by atoms with Crippen LogP contribution in [0.1, 0.15) is 30.4 Å². The summed E-state index contributed by atoms with van der Waals surface area (Å²) in [4.78, 5) is 14.3. The van der Waals surface area contributed by atoms with Crippen molar-refractivity contribution in [1.29, 1.82) is 0 Å². The van der Waals surface area contributed by atoms with E-state index in [1.54, 1.807) is 35.5 Å². The minimum atomic E-state index is -0.369. The van der Waals surface area contributed by atoms with Crippen LogP contribution in [0.3, 0.4) is 0 Å². The largest absolute Gasteiger partial charge is 0.497 e. The van der Waals surface area contributed by atoms with Crippen LogP contribution in [0.5, 0.6) is 23.0 Å². The number of nitrogens with one attached hydrogen (secondary N) is 1. The molecule has 1 N–H and O–H groups in total. The first-order valence-electron chi connectivity index (χ1n) is 12.4. The van der Waals surface area contributed by atoms with Crippen LogP contribution in [0.15, 0.2) is 59.6 Å². The summed E-state index contributed by atoms with van der Waals surface area (Å²) >= 11 is 3.97. The van der Waals surface area contributed by atoms with E-state index in [0.29, 0.717) is 59.8 Å². The summed E-state index contributed by atoms with van der Waals surface area (Å²) in [6, 6.07) is 11.2. The number of nitro groups is 1. The van der Waals surface area contributed by atoms with Crippen LogP contribution in [0.4, 0.5) is 0 Å². The smallest absolute Gasteiger partial charge is 0.310 e. The second-order valence-corrected chi connectivity index (χ2v) is 10.9. The van der Waals surface area contributed by atoms with Gasteiger partial charge >= 0.3 is 5.70 Å². The van der Waals surface area contributed by atoms with E-state index < -0.39 is 0 Å². The Balaban J connectivity index is 1.85. The average molecular weight is 588 g/mol. The number of halogens is 1. The molecule has 204 valence electrons. The van der Waals surface area contributed by atoms with Crippen molar-refractivity contribution in [2.45, 2.75) is 36.7 Å². The van der Waals surface area contributed by atoms with Gasteiger partial charge in [0.05, 0.1) is 43.4 Å². The second-order valence-electron chi connectivity index (χ2n) is 9.45. The second kappa shape index (κ2) is 11.6. The van der Waals surface area contributed by atoms with Gasteiger partial charge in [0.15, 0.2) is 0 Å². The molecule has 4 rings (SSSR count). The number of hydrogen-bond acceptors (Lipinski definition) is 8. The molecule has 38 heavy (non-hydrogen) atoms. The van der Waals surface area contributed by atoms with Gasteiger partial charge in [-0.1, -0.05) is 15.9 Å². The third-order valence-corrected chi connectivity index (χ3v) is 8.31. The maximum Gasteiger partial charge on any atom is 0.310 e. The molecule has 2 aliphatic rings. The van der Waals surface area contributed by atoms with Crippen LogP contribution in [-0.4, -0.2) is 49.6 Å². The zero-order chi connectivity index (χ0) is 27.4. The summed E-state index contributed by atoms with van der Waals surface area (Å²) in [5, 5.41) is 15.6. The molecule has 1 fully saturated rings. The predicted octanol–water partition coefficient (Wildman–Crippen LogP) is 5.26. The standard InChI is InChI=1S/C28H34BrN3O6/c1-30-23-14-28(29,20-8-9-20)15-24(27(23)32(33)34)31(16-18-6-10-21(35-2)12-25(18)37-4)17-19-7-11-22(36-3)13-26(19)38-5/h6-7,10-14,20,30H,8-9,15-17H2,1-5H3. The Labute approximate surface area is 231 Å². The number of alkyl halides is 1. The van der Waals surface area contributed by atoms with E-state index in [9.17, 15) is 10.1 Å². The number of rotatable bonds is 12. The lowest BCUT2D eigenvalue weighted by atomic mass is 9.89. The Morgan fingerprint density at radius 1 is 0.974 bits per heavy atom. The lowest BCUT2D eigenvalue weighted by Gasteiger charge is -2.36. The van der Waals surface area contributed by atoms with Gasteiger partial charge < -0.3 is 29.2 Å². The highest BCUT2D eigenvalue weighted by molar-refractivity contribution is 9.10. The van der Waals surface area contributed by atoms with Crippen LogP contribution in [0.25, 0.3) is 0 Å². The van der Waals surface area contributed by atoms with Gasteiger partial charge in [0.2, 0.25) is 0 Å². The first-order chi connectivity index (χ1) is 18.3. The molecule has 0 aromatic heterocycles. The van der Waals surface area contributed by atoms with Gasteiger partial charge in [0.25, 0.3) is 0 Å². The molecule has 2 aromatic carbocycles. The molecule has 0 radical (unpaired) electrons. The summed E-state index contributed by atoms with van der Waals surface area (Å²) in [6.07, 6.45) is 4.62. The number of hydrogen-bond donors (Lipinski definition) is 1. The molecule has 0 heterocycles. The van der Waals surface area contributed by atoms with Crippen molar-refractivity contribution in [3.63, 3.8) is 0 Å². The van der Waals surface area contributed by atoms with Crippen LogP contribution in [0, 0.1) is 16.0 Å². The SMILES string of the molecule is CNC1=CC(Br)(C2CC2)CC(N(Cc2ccc(OC)cc2OC)Cc2ccc(OC)cc2OC)=C1[N+](=O)[O-]. The molecule has 1 saturated carbocycles. The summed E-state index contributed by atoms with van der Waals surface area (Å²) < 4.78 is 21.7. The zero-order valence-corrected chi connectivity index (χ0v) is 24.0. The molecule has 1 atom stereocenters. The van der Waals surface area contributed by atoms with Crippen LogP contribution >= 0.6 is 15.9 Å². The van der Waals surface area contributed by atoms with Crippen LogP contribution < -0.4 is 24.3 Å². The lowest BCUT2D eigenvalue weighted by Crippen LogP contribution is -2.37. The molecule has 1 unspecified atom stereocenters. The number of likely N-dealkylation sites (N-methyl/N-ethyl adjacent to an activating group) is 1. The quantitative estimate of drug-likeness (QED) is 0.204. The molecule has 2 aliphatic carbocycles. The van der Waals surface area contributed by atoms with E-state index in [4.69, 9.17) is 18.9 Å². The first kappa shape index (κ1) is 27.6. The Bertz CT molecular complexity index is 1200. The Morgan fingerprint density at radius 2 is 1.50 bits per heavy atom. The van der Waals surface area contributed by atoms with Crippen molar-refractivity contribution >= 4 is 15.9 Å². The average Bonchev–Trinajstić information content (AvgIpc) is 3.78. The summed E-state index contributed by atoms with van der Waals surface area (Å²) in [6.45, 7) is 0.750. The zero-order valence-electron chi connectivity index (χ0n) is 22.4. The van der Waals surface area contributed by atoms with Crippen molar-refractivity contribution in [3.05, 3.63) is 80.8 Å². The van der Waals surface area contributed by atoms with E-state index in [2.05, 4.69) is 26.1 Å². The molecule has 0 amide bonds. The minimum absolute atomic E-state index is 0.0724. The molecule has 0 aliphatic heterocycles. The maximum atomic E-state index is 12.5. The summed E-state index contributed by atoms with van der Waals surface area (Å²) in [7, 11) is 8.14. The highest BCUT2D eigenvalue weighted by atomic mass is 79.9. The Kier molecular flexibility index (Phi) is 8.40. The minimum Gasteiger partial charge on any atom is -0.497 e. The van der Waals surface area contributed by atoms with Gasteiger partial charge in [-0.15, -0.1) is 0 Å². The van der Waals surface area contributed by atoms with Crippen LogP contribution in [-0.2, 0) is 13.1 Å². The van der Waals surface area contributed by atoms with E-state index in [1.807, 2.05) is 42.5 Å². The van der Waals surface area contributed by atoms with Crippen molar-refractivity contribution < 1.29 is 23.9 Å². The third kappa shape index (κ3) is 5.70. The van der Waals surface area contributed by atoms with E-state index in [-0.39, 0.29) is 14.9 Å². The highest BCUT2D eigenvalue weighted by Gasteiger charge is 2.48. The fourth-order valence-electron chi connectivity index (χ4n) is 4.96. The normalized spacial score (nSPS) is 18.9. The Hall–Kier alpha value is -3.40. The Morgan fingerprint density at radius 3 is 1.89 bits per heavy atom. The molecule has 0 spiro atoms. The van der Waals surface area contributed by atoms with Crippen molar-refractivity contribution in [3.8, 4) is 23.0 Å². The van der Waals surface area contributed by atoms with Gasteiger partial charge in [0.1, 0.15) is 28.7 Å². The maximum absolute atomic E-state index is 12.5. The van der Waals surface area contributed by atoms with E-state index >= 15 is 0 Å². The van der Waals surface area contributed by atoms with Gasteiger partial charge in [-0.3, -0.25) is 10.1 Å².